The molecule has 1 amide bonds. The molecule has 1 aromatic heterocycles. The van der Waals surface area contributed by atoms with Gasteiger partial charge in [-0.3, -0.25) is 5.32 Å². The highest BCUT2D eigenvalue weighted by Gasteiger charge is 2.16. The van der Waals surface area contributed by atoms with Gasteiger partial charge < -0.3 is 15.8 Å². The number of rotatable bonds is 1. The molecule has 7 heteroatoms. The lowest BCUT2D eigenvalue weighted by Gasteiger charge is -2.19. The number of pyridine rings is 1. The second-order valence-corrected chi connectivity index (χ2v) is 6.72. The summed E-state index contributed by atoms with van der Waals surface area (Å²) in [6, 6.07) is 7.56. The summed E-state index contributed by atoms with van der Waals surface area (Å²) in [6.45, 7) is 0.845. The number of anilines is 2. The molecule has 2 bridgehead atoms. The lowest BCUT2D eigenvalue weighted by molar-refractivity contribution is 0.187. The molecule has 0 spiro atoms. The third-order valence-corrected chi connectivity index (χ3v) is 4.85. The Morgan fingerprint density at radius 1 is 1.35 bits per heavy atom. The van der Waals surface area contributed by atoms with E-state index < -0.39 is 6.09 Å². The molecule has 1 aliphatic heterocycles. The summed E-state index contributed by atoms with van der Waals surface area (Å²) in [4.78, 5) is 15.8. The molecular weight excluding hydrogens is 352 g/mol. The molecule has 2 heterocycles. The van der Waals surface area contributed by atoms with Gasteiger partial charge in [-0.15, -0.1) is 0 Å². The lowest BCUT2D eigenvalue weighted by atomic mass is 9.97. The fourth-order valence-electron chi connectivity index (χ4n) is 3.11. The van der Waals surface area contributed by atoms with E-state index in [9.17, 15) is 4.79 Å². The van der Waals surface area contributed by atoms with Crippen LogP contribution in [0.4, 0.5) is 16.2 Å². The molecule has 138 valence electrons. The molecule has 1 aromatic carbocycles. The van der Waals surface area contributed by atoms with Crippen LogP contribution in [0.5, 0.6) is 0 Å². The number of benzene rings is 1. The number of nitrogens with zero attached hydrogens (tertiary/aromatic N) is 1. The smallest absolute Gasteiger partial charge is 0.411 e. The third-order valence-electron chi connectivity index (χ3n) is 4.54. The molecule has 1 aliphatic rings. The van der Waals surface area contributed by atoms with E-state index >= 15 is 0 Å². The molecule has 0 aliphatic carbocycles. The molecule has 2 aromatic rings. The number of fused-ring (bicyclic) bond motifs is 4. The molecule has 0 saturated heterocycles. The van der Waals surface area contributed by atoms with Crippen molar-refractivity contribution in [2.45, 2.75) is 31.7 Å². The molecule has 0 radical (unpaired) electrons. The first kappa shape index (κ1) is 18.5. The highest BCUT2D eigenvalue weighted by molar-refractivity contribution is 6.30. The highest BCUT2D eigenvalue weighted by Crippen LogP contribution is 2.34. The predicted molar refractivity (Wildman–Crippen MR) is 105 cm³/mol. The van der Waals surface area contributed by atoms with Gasteiger partial charge in [-0.25, -0.2) is 9.78 Å². The van der Waals surface area contributed by atoms with Crippen molar-refractivity contribution in [3.8, 4) is 11.1 Å². The number of hydrogen-bond donors (Lipinski definition) is 3. The number of halogens is 1. The van der Waals surface area contributed by atoms with Crippen molar-refractivity contribution in [3.63, 3.8) is 0 Å². The average molecular weight is 375 g/mol. The minimum Gasteiger partial charge on any atom is -0.453 e. The van der Waals surface area contributed by atoms with Crippen LogP contribution in [0.1, 0.15) is 37.3 Å². The Labute approximate surface area is 158 Å². The molecule has 1 unspecified atom stereocenters. The SMILES string of the molecule is COC(=O)Nc1ccc2c(c1)NCCCCCC(N)c1cc-2cnc1Cl. The molecule has 0 saturated carbocycles. The van der Waals surface area contributed by atoms with Crippen LogP contribution in [-0.4, -0.2) is 24.7 Å². The van der Waals surface area contributed by atoms with Crippen molar-refractivity contribution < 1.29 is 9.53 Å². The number of carbonyl (C=O) groups excluding carboxylic acids is 1. The van der Waals surface area contributed by atoms with E-state index in [2.05, 4.69) is 20.4 Å². The van der Waals surface area contributed by atoms with Crippen molar-refractivity contribution >= 4 is 29.1 Å². The number of nitrogens with two attached hydrogens (primary N) is 1. The molecule has 6 nitrogen and oxygen atoms in total. The zero-order chi connectivity index (χ0) is 18.5. The first-order valence-electron chi connectivity index (χ1n) is 8.73. The van der Waals surface area contributed by atoms with Crippen LogP contribution in [0, 0.1) is 0 Å². The summed E-state index contributed by atoms with van der Waals surface area (Å²) in [6.07, 6.45) is 5.30. The zero-order valence-corrected chi connectivity index (χ0v) is 15.5. The maximum atomic E-state index is 11.5. The zero-order valence-electron chi connectivity index (χ0n) is 14.7. The minimum atomic E-state index is -0.500. The summed E-state index contributed by atoms with van der Waals surface area (Å²) < 4.78 is 4.66. The van der Waals surface area contributed by atoms with Gasteiger partial charge in [-0.1, -0.05) is 30.5 Å². The van der Waals surface area contributed by atoms with Gasteiger partial charge in [0.05, 0.1) is 7.11 Å². The predicted octanol–water partition coefficient (Wildman–Crippen LogP) is 4.57. The standard InChI is InChI=1S/C19H23ClN4O2/c1-26-19(25)24-13-6-7-14-12-9-15(18(20)23-11-12)16(21)5-3-2-4-8-22-17(14)10-13/h6-7,9-11,16,22H,2-5,8,21H2,1H3,(H,24,25). The van der Waals surface area contributed by atoms with Gasteiger partial charge in [-0.2, -0.15) is 0 Å². The van der Waals surface area contributed by atoms with E-state index in [4.69, 9.17) is 17.3 Å². The molecule has 1 atom stereocenters. The first-order valence-corrected chi connectivity index (χ1v) is 9.10. The number of nitrogens with one attached hydrogen (secondary N) is 2. The Balaban J connectivity index is 2.03. The molecule has 26 heavy (non-hydrogen) atoms. The quantitative estimate of drug-likeness (QED) is 0.636. The number of aromatic nitrogens is 1. The van der Waals surface area contributed by atoms with Crippen LogP contribution in [0.2, 0.25) is 5.15 Å². The van der Waals surface area contributed by atoms with Crippen molar-refractivity contribution in [1.82, 2.24) is 4.98 Å². The number of carbonyl (C=O) groups is 1. The first-order chi connectivity index (χ1) is 12.6. The maximum Gasteiger partial charge on any atom is 0.411 e. The lowest BCUT2D eigenvalue weighted by Crippen LogP contribution is -2.13. The molecule has 4 N–H and O–H groups in total. The van der Waals surface area contributed by atoms with Crippen LogP contribution in [0.15, 0.2) is 30.5 Å². The van der Waals surface area contributed by atoms with Crippen LogP contribution in [0.25, 0.3) is 11.1 Å². The van der Waals surface area contributed by atoms with Gasteiger partial charge in [-0.05, 0) is 31.0 Å². The Morgan fingerprint density at radius 2 is 2.19 bits per heavy atom. The Kier molecular flexibility index (Phi) is 5.96. The maximum absolute atomic E-state index is 11.5. The van der Waals surface area contributed by atoms with Gasteiger partial charge in [0.25, 0.3) is 0 Å². The van der Waals surface area contributed by atoms with E-state index in [0.717, 1.165) is 54.6 Å². The number of hydrogen-bond acceptors (Lipinski definition) is 5. The van der Waals surface area contributed by atoms with E-state index in [-0.39, 0.29) is 6.04 Å². The van der Waals surface area contributed by atoms with E-state index in [1.807, 2.05) is 24.3 Å². The van der Waals surface area contributed by atoms with Crippen molar-refractivity contribution in [1.29, 1.82) is 0 Å². The third kappa shape index (κ3) is 4.26. The van der Waals surface area contributed by atoms with Crippen LogP contribution < -0.4 is 16.4 Å². The fourth-order valence-corrected chi connectivity index (χ4v) is 3.35. The highest BCUT2D eigenvalue weighted by atomic mass is 35.5. The molecular formula is C19H23ClN4O2. The van der Waals surface area contributed by atoms with Crippen molar-refractivity contribution in [3.05, 3.63) is 41.2 Å². The van der Waals surface area contributed by atoms with Gasteiger partial charge in [0.2, 0.25) is 0 Å². The average Bonchev–Trinajstić information content (AvgIpc) is 2.64. The normalized spacial score (nSPS) is 17.1. The summed E-state index contributed by atoms with van der Waals surface area (Å²) in [5.74, 6) is 0. The number of methoxy groups -OCH3 is 1. The van der Waals surface area contributed by atoms with Crippen molar-refractivity contribution in [2.24, 2.45) is 5.73 Å². The molecule has 3 rings (SSSR count). The van der Waals surface area contributed by atoms with Crippen LogP contribution in [-0.2, 0) is 4.74 Å². The fraction of sp³-hybridized carbons (Fsp3) is 0.368. The topological polar surface area (TPSA) is 89.3 Å². The van der Waals surface area contributed by atoms with E-state index in [1.54, 1.807) is 6.20 Å². The number of amides is 1. The second-order valence-electron chi connectivity index (χ2n) is 6.36. The number of ether oxygens (including phenoxy) is 1. The van der Waals surface area contributed by atoms with Gasteiger partial charge in [0.1, 0.15) is 5.15 Å². The van der Waals surface area contributed by atoms with E-state index in [1.165, 1.54) is 7.11 Å². The van der Waals surface area contributed by atoms with E-state index in [0.29, 0.717) is 10.8 Å². The second kappa shape index (κ2) is 8.38. The van der Waals surface area contributed by atoms with Crippen molar-refractivity contribution in [2.75, 3.05) is 24.3 Å². The summed E-state index contributed by atoms with van der Waals surface area (Å²) >= 11 is 6.28. The molecule has 0 fully saturated rings. The van der Waals surface area contributed by atoms with Gasteiger partial charge in [0.15, 0.2) is 0 Å². The Morgan fingerprint density at radius 3 is 3.00 bits per heavy atom. The largest absolute Gasteiger partial charge is 0.453 e. The van der Waals surface area contributed by atoms with Gasteiger partial charge in [0, 0.05) is 46.8 Å². The summed E-state index contributed by atoms with van der Waals surface area (Å²) in [5.41, 5.74) is 10.7. The Bertz CT molecular complexity index is 797. The Hall–Kier alpha value is -2.31. The monoisotopic (exact) mass is 374 g/mol. The minimum absolute atomic E-state index is 0.119. The summed E-state index contributed by atoms with van der Waals surface area (Å²) in [5, 5.41) is 6.61. The van der Waals surface area contributed by atoms with Crippen LogP contribution in [0.3, 0.4) is 0 Å². The summed E-state index contributed by atoms with van der Waals surface area (Å²) in [7, 11) is 1.34. The van der Waals surface area contributed by atoms with Crippen LogP contribution >= 0.6 is 11.6 Å². The van der Waals surface area contributed by atoms with Gasteiger partial charge >= 0.3 is 6.09 Å².